The molecule has 7 nitrogen and oxygen atoms in total. The molecule has 2 N–H and O–H groups in total. The second-order valence-corrected chi connectivity index (χ2v) is 9.35. The first-order valence-electron chi connectivity index (χ1n) is 13.5. The second-order valence-electron chi connectivity index (χ2n) is 9.35. The van der Waals surface area contributed by atoms with Crippen LogP contribution in [0.1, 0.15) is 96.8 Å². The van der Waals surface area contributed by atoms with E-state index in [0.717, 1.165) is 44.9 Å². The number of esters is 2. The van der Waals surface area contributed by atoms with Gasteiger partial charge in [0.05, 0.1) is 26.9 Å². The van der Waals surface area contributed by atoms with Crippen molar-refractivity contribution in [1.29, 1.82) is 0 Å². The highest BCUT2D eigenvalue weighted by Crippen LogP contribution is 2.11. The van der Waals surface area contributed by atoms with Crippen molar-refractivity contribution in [2.75, 3.05) is 53.1 Å². The lowest BCUT2D eigenvalue weighted by atomic mass is 10.1. The fraction of sp³-hybridized carbons (Fsp3) is 0.852. The molecular formula is C27H52NO6+. The van der Waals surface area contributed by atoms with E-state index in [0.29, 0.717) is 50.2 Å². The molecule has 0 unspecified atom stereocenters. The Hall–Kier alpha value is -1.44. The zero-order valence-electron chi connectivity index (χ0n) is 22.0. The van der Waals surface area contributed by atoms with Crippen LogP contribution >= 0.6 is 0 Å². The fourth-order valence-electron chi connectivity index (χ4n) is 3.86. The predicted octanol–water partition coefficient (Wildman–Crippen LogP) is 4.54. The molecule has 7 heteroatoms. The summed E-state index contributed by atoms with van der Waals surface area (Å²) in [6, 6.07) is 0. The monoisotopic (exact) mass is 486 g/mol. The molecular weight excluding hydrogens is 434 g/mol. The number of unbranched alkanes of at least 4 members (excludes halogenated alkanes) is 10. The Labute approximate surface area is 208 Å². The maximum Gasteiger partial charge on any atom is 0.305 e. The van der Waals surface area contributed by atoms with Crippen LogP contribution in [0.2, 0.25) is 0 Å². The lowest BCUT2D eigenvalue weighted by Gasteiger charge is -2.33. The quantitative estimate of drug-likeness (QED) is 0.0900. The van der Waals surface area contributed by atoms with Gasteiger partial charge in [0.15, 0.2) is 0 Å². The van der Waals surface area contributed by atoms with E-state index >= 15 is 0 Å². The summed E-state index contributed by atoms with van der Waals surface area (Å²) in [4.78, 5) is 23.1. The molecule has 0 saturated heterocycles. The summed E-state index contributed by atoms with van der Waals surface area (Å²) in [5.41, 5.74) is 0. The number of hydrogen-bond donors (Lipinski definition) is 2. The summed E-state index contributed by atoms with van der Waals surface area (Å²) in [5, 5.41) is 18.3. The van der Waals surface area contributed by atoms with Gasteiger partial charge >= 0.3 is 11.9 Å². The Morgan fingerprint density at radius 1 is 0.676 bits per heavy atom. The number of hydrogen-bond acceptors (Lipinski definition) is 6. The molecule has 0 fully saturated rings. The molecule has 0 saturated carbocycles. The van der Waals surface area contributed by atoms with Gasteiger partial charge in [0.1, 0.15) is 26.2 Å². The fourth-order valence-corrected chi connectivity index (χ4v) is 3.86. The van der Waals surface area contributed by atoms with Crippen LogP contribution in [0.25, 0.3) is 0 Å². The van der Waals surface area contributed by atoms with Crippen LogP contribution in [-0.2, 0) is 19.1 Å². The van der Waals surface area contributed by atoms with Gasteiger partial charge in [-0.1, -0.05) is 50.7 Å². The maximum atomic E-state index is 11.9. The summed E-state index contributed by atoms with van der Waals surface area (Å²) in [6.45, 7) is 4.47. The smallest absolute Gasteiger partial charge is 0.305 e. The van der Waals surface area contributed by atoms with Gasteiger partial charge < -0.3 is 24.2 Å². The van der Waals surface area contributed by atoms with Crippen molar-refractivity contribution in [2.45, 2.75) is 96.8 Å². The highest BCUT2D eigenvalue weighted by Gasteiger charge is 2.20. The number of quaternary nitrogens is 1. The van der Waals surface area contributed by atoms with Crippen molar-refractivity contribution in [3.05, 3.63) is 12.2 Å². The van der Waals surface area contributed by atoms with Gasteiger partial charge in [0, 0.05) is 12.8 Å². The summed E-state index contributed by atoms with van der Waals surface area (Å²) in [5.74, 6) is -0.224. The minimum Gasteiger partial charge on any atom is -0.466 e. The zero-order chi connectivity index (χ0) is 25.3. The largest absolute Gasteiger partial charge is 0.466 e. The SMILES string of the molecule is CCOC(=O)CCCCCCC/C=C/CCCCCCCC(=O)OCC[N+](C)(CCO)CCO. The number of likely N-dealkylation sites (N-methyl/N-ethyl adjacent to an activating group) is 1. The number of aliphatic hydroxyl groups is 2. The van der Waals surface area contributed by atoms with E-state index in [2.05, 4.69) is 12.2 Å². The Bertz CT molecular complexity index is 517. The normalized spacial score (nSPS) is 11.8. The van der Waals surface area contributed by atoms with E-state index in [1.165, 1.54) is 32.1 Å². The summed E-state index contributed by atoms with van der Waals surface area (Å²) < 4.78 is 10.8. The van der Waals surface area contributed by atoms with Crippen molar-refractivity contribution in [3.63, 3.8) is 0 Å². The van der Waals surface area contributed by atoms with Crippen molar-refractivity contribution in [2.24, 2.45) is 0 Å². The molecule has 0 rings (SSSR count). The van der Waals surface area contributed by atoms with E-state index in [4.69, 9.17) is 19.7 Å². The third kappa shape index (κ3) is 21.1. The summed E-state index contributed by atoms with van der Waals surface area (Å²) in [7, 11) is 1.95. The molecule has 0 atom stereocenters. The van der Waals surface area contributed by atoms with Crippen LogP contribution in [0.5, 0.6) is 0 Å². The van der Waals surface area contributed by atoms with Crippen molar-refractivity contribution < 1.29 is 33.8 Å². The Morgan fingerprint density at radius 3 is 1.59 bits per heavy atom. The van der Waals surface area contributed by atoms with Crippen molar-refractivity contribution in [1.82, 2.24) is 0 Å². The summed E-state index contributed by atoms with van der Waals surface area (Å²) in [6.07, 6.45) is 19.0. The number of ether oxygens (including phenoxy) is 2. The van der Waals surface area contributed by atoms with E-state index in [-0.39, 0.29) is 25.2 Å². The Morgan fingerprint density at radius 2 is 1.12 bits per heavy atom. The van der Waals surface area contributed by atoms with Gasteiger partial charge in [0.25, 0.3) is 0 Å². The van der Waals surface area contributed by atoms with Crippen LogP contribution in [0.4, 0.5) is 0 Å². The van der Waals surface area contributed by atoms with Gasteiger partial charge in [-0.2, -0.15) is 0 Å². The molecule has 34 heavy (non-hydrogen) atoms. The third-order valence-corrected chi connectivity index (χ3v) is 6.15. The minimum absolute atomic E-state index is 0.0567. The van der Waals surface area contributed by atoms with E-state index in [9.17, 15) is 9.59 Å². The number of aliphatic hydroxyl groups excluding tert-OH is 2. The number of carbonyl (C=O) groups excluding carboxylic acids is 2. The second kappa shape index (κ2) is 23.3. The first-order chi connectivity index (χ1) is 16.5. The van der Waals surface area contributed by atoms with Gasteiger partial charge in [-0.05, 0) is 45.4 Å². The van der Waals surface area contributed by atoms with Gasteiger partial charge in [-0.15, -0.1) is 0 Å². The van der Waals surface area contributed by atoms with E-state index < -0.39 is 0 Å². The lowest BCUT2D eigenvalue weighted by Crippen LogP contribution is -2.50. The lowest BCUT2D eigenvalue weighted by molar-refractivity contribution is -0.910. The Balaban J connectivity index is 3.45. The van der Waals surface area contributed by atoms with Gasteiger partial charge in [-0.25, -0.2) is 0 Å². The molecule has 0 heterocycles. The number of nitrogens with zero attached hydrogens (tertiary/aromatic N) is 1. The van der Waals surface area contributed by atoms with Crippen LogP contribution in [0.3, 0.4) is 0 Å². The molecule has 0 aliphatic heterocycles. The molecule has 0 radical (unpaired) electrons. The van der Waals surface area contributed by atoms with Crippen molar-refractivity contribution >= 4 is 11.9 Å². The number of rotatable bonds is 24. The van der Waals surface area contributed by atoms with E-state index in [1.807, 2.05) is 14.0 Å². The first kappa shape index (κ1) is 32.6. The topological polar surface area (TPSA) is 93.1 Å². The van der Waals surface area contributed by atoms with Crippen LogP contribution in [0.15, 0.2) is 12.2 Å². The third-order valence-electron chi connectivity index (χ3n) is 6.15. The van der Waals surface area contributed by atoms with Crippen LogP contribution in [0, 0.1) is 0 Å². The highest BCUT2D eigenvalue weighted by atomic mass is 16.5. The molecule has 0 aromatic rings. The number of carbonyl (C=O) groups is 2. The molecule has 200 valence electrons. The number of allylic oxidation sites excluding steroid dienone is 2. The summed E-state index contributed by atoms with van der Waals surface area (Å²) >= 11 is 0. The minimum atomic E-state index is -0.151. The van der Waals surface area contributed by atoms with Gasteiger partial charge in [0.2, 0.25) is 0 Å². The van der Waals surface area contributed by atoms with Crippen LogP contribution < -0.4 is 0 Å². The maximum absolute atomic E-state index is 11.9. The molecule has 0 aliphatic carbocycles. The molecule has 0 spiro atoms. The molecule has 0 aliphatic rings. The van der Waals surface area contributed by atoms with Crippen LogP contribution in [-0.4, -0.2) is 79.7 Å². The molecule has 0 bridgehead atoms. The van der Waals surface area contributed by atoms with Gasteiger partial charge in [-0.3, -0.25) is 9.59 Å². The molecule has 0 aromatic carbocycles. The van der Waals surface area contributed by atoms with E-state index in [1.54, 1.807) is 0 Å². The predicted molar refractivity (Wildman–Crippen MR) is 136 cm³/mol. The molecule has 0 aromatic heterocycles. The first-order valence-corrected chi connectivity index (χ1v) is 13.5. The average Bonchev–Trinajstić information content (AvgIpc) is 2.79. The molecule has 0 amide bonds. The highest BCUT2D eigenvalue weighted by molar-refractivity contribution is 5.69. The Kier molecular flexibility index (Phi) is 22.3. The van der Waals surface area contributed by atoms with Crippen molar-refractivity contribution in [3.8, 4) is 0 Å². The zero-order valence-corrected chi connectivity index (χ0v) is 22.0. The standard InChI is InChI=1S/C27H52NO6/c1-3-33-26(31)18-16-14-12-10-8-6-4-5-7-9-11-13-15-17-19-27(32)34-25-22-28(2,20-23-29)21-24-30/h4-5,29-30H,3,6-25H2,1-2H3/q+1/b5-4+. The average molecular weight is 487 g/mol.